The second kappa shape index (κ2) is 13.8. The topological polar surface area (TPSA) is 147 Å². The Morgan fingerprint density at radius 2 is 1.58 bits per heavy atom. The van der Waals surface area contributed by atoms with Gasteiger partial charge in [0.25, 0.3) is 6.26 Å². The van der Waals surface area contributed by atoms with Crippen molar-refractivity contribution in [3.05, 3.63) is 83.4 Å². The molecule has 0 aliphatic rings. The van der Waals surface area contributed by atoms with E-state index in [-0.39, 0.29) is 31.1 Å². The van der Waals surface area contributed by atoms with Crippen molar-refractivity contribution in [1.29, 1.82) is 5.26 Å². The van der Waals surface area contributed by atoms with Crippen molar-refractivity contribution in [2.24, 2.45) is 9.98 Å². The first-order chi connectivity index (χ1) is 18.4. The minimum atomic E-state index is -0.797. The lowest BCUT2D eigenvalue weighted by Crippen LogP contribution is -2.43. The number of hydrogen-bond acceptors (Lipinski definition) is 10. The number of aliphatic imine (C=N–C) groups is 2. The van der Waals surface area contributed by atoms with Crippen LogP contribution in [0.1, 0.15) is 21.5 Å². The zero-order valence-electron chi connectivity index (χ0n) is 20.3. The highest BCUT2D eigenvalue weighted by atomic mass is 16.5. The lowest BCUT2D eigenvalue weighted by atomic mass is 10.0. The number of ketones is 2. The number of isocyanates is 2. The molecule has 0 heterocycles. The Morgan fingerprint density at radius 1 is 0.947 bits per heavy atom. The van der Waals surface area contributed by atoms with Gasteiger partial charge in [0.1, 0.15) is 18.1 Å². The molecule has 0 aliphatic carbocycles. The van der Waals surface area contributed by atoms with E-state index >= 15 is 0 Å². The van der Waals surface area contributed by atoms with Crippen LogP contribution in [0.25, 0.3) is 0 Å². The molecule has 3 aromatic carbocycles. The first kappa shape index (κ1) is 27.4. The predicted molar refractivity (Wildman–Crippen MR) is 136 cm³/mol. The number of carbonyl (C=O) groups excluding carboxylic acids is 4. The minimum Gasteiger partial charge on any atom is -0.486 e. The van der Waals surface area contributed by atoms with Crippen LogP contribution in [0.15, 0.2) is 76.7 Å². The molecule has 10 heteroatoms. The van der Waals surface area contributed by atoms with Crippen molar-refractivity contribution in [1.82, 2.24) is 5.32 Å². The summed E-state index contributed by atoms with van der Waals surface area (Å²) in [6, 6.07) is 16.8. The fraction of sp³-hybridized carbons (Fsp3) is 0.179. The van der Waals surface area contributed by atoms with E-state index in [4.69, 9.17) is 14.7 Å². The molecule has 38 heavy (non-hydrogen) atoms. The van der Waals surface area contributed by atoms with Crippen molar-refractivity contribution in [2.75, 3.05) is 13.2 Å². The van der Waals surface area contributed by atoms with Crippen LogP contribution in [0.4, 0.5) is 11.4 Å². The Bertz CT molecular complexity index is 1430. The van der Waals surface area contributed by atoms with Crippen LogP contribution in [-0.2, 0) is 20.8 Å². The molecule has 0 aliphatic heterocycles. The summed E-state index contributed by atoms with van der Waals surface area (Å²) >= 11 is 0. The van der Waals surface area contributed by atoms with Gasteiger partial charge in [-0.2, -0.15) is 9.98 Å². The Kier molecular flexibility index (Phi) is 9.94. The molecule has 10 nitrogen and oxygen atoms in total. The van der Waals surface area contributed by atoms with Gasteiger partial charge in [-0.05, 0) is 79.1 Å². The van der Waals surface area contributed by atoms with Crippen LogP contribution in [0.2, 0.25) is 0 Å². The Morgan fingerprint density at radius 3 is 2.18 bits per heavy atom. The average molecular weight is 511 g/mol. The van der Waals surface area contributed by atoms with Gasteiger partial charge in [-0.3, -0.25) is 14.9 Å². The minimum absolute atomic E-state index is 0.140. The van der Waals surface area contributed by atoms with Gasteiger partial charge in [-0.25, -0.2) is 9.59 Å². The van der Waals surface area contributed by atoms with Crippen molar-refractivity contribution in [3.63, 3.8) is 0 Å². The number of rotatable bonds is 13. The Labute approximate surface area is 218 Å². The molecule has 0 fully saturated rings. The second-order valence-electron chi connectivity index (χ2n) is 8.06. The SMILES string of the molecule is Cc1ccc(CC(NCC(=O)c2ccc(N=C=O)cc2)C(=O)COc2ccc(N=C=O)cc2)cc1OC#N. The maximum Gasteiger partial charge on any atom is 0.292 e. The van der Waals surface area contributed by atoms with Gasteiger partial charge in [0, 0.05) is 5.56 Å². The first-order valence-corrected chi connectivity index (χ1v) is 11.4. The summed E-state index contributed by atoms with van der Waals surface area (Å²) in [4.78, 5) is 53.6. The quantitative estimate of drug-likeness (QED) is 0.158. The van der Waals surface area contributed by atoms with Gasteiger partial charge in [0.2, 0.25) is 12.2 Å². The van der Waals surface area contributed by atoms with E-state index in [2.05, 4.69) is 15.3 Å². The van der Waals surface area contributed by atoms with E-state index in [1.807, 2.05) is 6.07 Å². The molecule has 0 radical (unpaired) electrons. The zero-order valence-corrected chi connectivity index (χ0v) is 20.3. The molecule has 0 bridgehead atoms. The molecule has 3 rings (SSSR count). The number of Topliss-reactive ketones (excluding diaryl/α,β-unsaturated/α-hetero) is 2. The van der Waals surface area contributed by atoms with Crippen LogP contribution >= 0.6 is 0 Å². The van der Waals surface area contributed by atoms with Gasteiger partial charge >= 0.3 is 0 Å². The van der Waals surface area contributed by atoms with Gasteiger partial charge in [-0.15, -0.1) is 5.26 Å². The third-order valence-electron chi connectivity index (χ3n) is 5.50. The summed E-state index contributed by atoms with van der Waals surface area (Å²) in [6.45, 7) is 1.37. The van der Waals surface area contributed by atoms with Crippen LogP contribution in [0.5, 0.6) is 11.5 Å². The Hall–Kier alpha value is -5.19. The van der Waals surface area contributed by atoms with Crippen LogP contribution in [0, 0.1) is 18.4 Å². The average Bonchev–Trinajstić information content (AvgIpc) is 2.93. The standard InChI is InChI=1S/C28H22N4O6/c1-19-2-3-20(13-28(19)38-16-29)12-25(27(36)15-37-24-10-8-23(9-11-24)32-18-34)30-14-26(35)21-4-6-22(7-5-21)31-17-33/h2-11,13,25,30H,12,14-15H2,1H3. The molecule has 0 saturated heterocycles. The number of nitrogens with zero attached hydrogens (tertiary/aromatic N) is 3. The molecular weight excluding hydrogens is 488 g/mol. The van der Waals surface area contributed by atoms with Gasteiger partial charge < -0.3 is 9.47 Å². The van der Waals surface area contributed by atoms with Crippen LogP contribution in [-0.4, -0.2) is 42.9 Å². The summed E-state index contributed by atoms with van der Waals surface area (Å²) in [5, 5.41) is 11.9. The van der Waals surface area contributed by atoms with Crippen molar-refractivity contribution in [3.8, 4) is 17.8 Å². The Balaban J connectivity index is 1.73. The van der Waals surface area contributed by atoms with Crippen molar-refractivity contribution in [2.45, 2.75) is 19.4 Å². The molecule has 1 N–H and O–H groups in total. The fourth-order valence-electron chi connectivity index (χ4n) is 3.48. The molecule has 1 unspecified atom stereocenters. The zero-order chi connectivity index (χ0) is 27.3. The molecule has 0 saturated carbocycles. The van der Waals surface area contributed by atoms with Crippen LogP contribution < -0.4 is 14.8 Å². The van der Waals surface area contributed by atoms with Crippen molar-refractivity contribution >= 4 is 35.1 Å². The molecule has 0 spiro atoms. The number of carbonyl (C=O) groups is 2. The fourth-order valence-corrected chi connectivity index (χ4v) is 3.48. The first-order valence-electron chi connectivity index (χ1n) is 11.4. The second-order valence-corrected chi connectivity index (χ2v) is 8.06. The predicted octanol–water partition coefficient (Wildman–Crippen LogP) is 3.82. The van der Waals surface area contributed by atoms with Crippen molar-refractivity contribution < 1.29 is 28.7 Å². The normalized spacial score (nSPS) is 10.7. The number of hydrogen-bond donors (Lipinski definition) is 1. The number of ether oxygens (including phenoxy) is 2. The van der Waals surface area contributed by atoms with E-state index in [1.165, 1.54) is 36.4 Å². The number of nitrogens with one attached hydrogen (secondary N) is 1. The molecule has 0 amide bonds. The number of benzene rings is 3. The van der Waals surface area contributed by atoms with Gasteiger partial charge in [0.05, 0.1) is 24.0 Å². The van der Waals surface area contributed by atoms with E-state index in [0.717, 1.165) is 5.56 Å². The molecule has 190 valence electrons. The molecule has 1 atom stereocenters. The van der Waals surface area contributed by atoms with E-state index in [0.29, 0.717) is 34.0 Å². The summed E-state index contributed by atoms with van der Waals surface area (Å²) in [5.74, 6) is 0.191. The molecule has 0 aromatic heterocycles. The maximum absolute atomic E-state index is 13.1. The lowest BCUT2D eigenvalue weighted by Gasteiger charge is -2.18. The summed E-state index contributed by atoms with van der Waals surface area (Å²) in [7, 11) is 0. The highest BCUT2D eigenvalue weighted by Crippen LogP contribution is 2.21. The number of aryl methyl sites for hydroxylation is 1. The van der Waals surface area contributed by atoms with Crippen LogP contribution in [0.3, 0.4) is 0 Å². The van der Waals surface area contributed by atoms with E-state index in [9.17, 15) is 19.2 Å². The monoisotopic (exact) mass is 510 g/mol. The third kappa shape index (κ3) is 7.92. The molecular formula is C28H22N4O6. The summed E-state index contributed by atoms with van der Waals surface area (Å²) in [5.41, 5.74) is 2.62. The highest BCUT2D eigenvalue weighted by molar-refractivity contribution is 5.98. The largest absolute Gasteiger partial charge is 0.486 e. The lowest BCUT2D eigenvalue weighted by molar-refractivity contribution is -0.123. The highest BCUT2D eigenvalue weighted by Gasteiger charge is 2.21. The third-order valence-corrected chi connectivity index (χ3v) is 5.50. The number of nitriles is 1. The molecule has 3 aromatic rings. The van der Waals surface area contributed by atoms with E-state index in [1.54, 1.807) is 49.6 Å². The van der Waals surface area contributed by atoms with Gasteiger partial charge in [0.15, 0.2) is 11.6 Å². The summed E-state index contributed by atoms with van der Waals surface area (Å²) < 4.78 is 10.6. The van der Waals surface area contributed by atoms with Gasteiger partial charge in [-0.1, -0.05) is 12.1 Å². The van der Waals surface area contributed by atoms with E-state index < -0.39 is 6.04 Å². The maximum atomic E-state index is 13.1. The smallest absolute Gasteiger partial charge is 0.292 e. The summed E-state index contributed by atoms with van der Waals surface area (Å²) in [6.07, 6.45) is 4.74.